The molecule has 0 saturated carbocycles. The van der Waals surface area contributed by atoms with Gasteiger partial charge in [0, 0.05) is 16.7 Å². The molecule has 0 aliphatic rings. The molecule has 1 amide bonds. The van der Waals surface area contributed by atoms with Gasteiger partial charge in [-0.25, -0.2) is 8.42 Å². The molecule has 1 unspecified atom stereocenters. The van der Waals surface area contributed by atoms with Crippen LogP contribution in [0.2, 0.25) is 0 Å². The quantitative estimate of drug-likeness (QED) is 0.941. The summed E-state index contributed by atoms with van der Waals surface area (Å²) in [5.74, 6) is -0.265. The number of thiophene rings is 1. The molecule has 1 atom stereocenters. The maximum atomic E-state index is 12.3. The van der Waals surface area contributed by atoms with Crippen molar-refractivity contribution in [3.8, 4) is 0 Å². The lowest BCUT2D eigenvalue weighted by Gasteiger charge is -2.14. The average Bonchev–Trinajstić information content (AvgIpc) is 2.91. The van der Waals surface area contributed by atoms with Gasteiger partial charge in [0.15, 0.2) is 9.84 Å². The smallest absolute Gasteiger partial charge is 0.252 e. The second kappa shape index (κ2) is 5.99. The van der Waals surface area contributed by atoms with Gasteiger partial charge in [0.05, 0.1) is 10.9 Å². The number of carbonyl (C=O) groups excluding carboxylic acids is 1. The molecule has 0 aliphatic heterocycles. The van der Waals surface area contributed by atoms with E-state index < -0.39 is 9.84 Å². The number of sulfone groups is 1. The number of nitrogens with one attached hydrogen (secondary N) is 1. The summed E-state index contributed by atoms with van der Waals surface area (Å²) in [4.78, 5) is 13.6. The van der Waals surface area contributed by atoms with Gasteiger partial charge in [0.25, 0.3) is 5.91 Å². The van der Waals surface area contributed by atoms with Crippen LogP contribution in [0.25, 0.3) is 0 Å². The fraction of sp³-hybridized carbons (Fsp3) is 0.267. The fourth-order valence-corrected chi connectivity index (χ4v) is 3.34. The first-order chi connectivity index (χ1) is 9.79. The van der Waals surface area contributed by atoms with Crippen molar-refractivity contribution in [3.05, 3.63) is 51.7 Å². The molecule has 1 N–H and O–H groups in total. The lowest BCUT2D eigenvalue weighted by molar-refractivity contribution is 0.0939. The molecule has 112 valence electrons. The topological polar surface area (TPSA) is 63.2 Å². The van der Waals surface area contributed by atoms with Crippen LogP contribution in [0.4, 0.5) is 0 Å². The maximum absolute atomic E-state index is 12.3. The van der Waals surface area contributed by atoms with Crippen molar-refractivity contribution in [3.63, 3.8) is 0 Å². The zero-order chi connectivity index (χ0) is 15.6. The van der Waals surface area contributed by atoms with Gasteiger partial charge in [-0.05, 0) is 43.0 Å². The Hall–Kier alpha value is -1.66. The number of hydrogen-bond acceptors (Lipinski definition) is 4. The van der Waals surface area contributed by atoms with Crippen LogP contribution in [0, 0.1) is 6.92 Å². The molecule has 6 heteroatoms. The number of aryl methyl sites for hydroxylation is 1. The Morgan fingerprint density at radius 3 is 2.57 bits per heavy atom. The molecule has 0 bridgehead atoms. The third-order valence-electron chi connectivity index (χ3n) is 3.20. The summed E-state index contributed by atoms with van der Waals surface area (Å²) in [5, 5.41) is 4.85. The molecule has 0 radical (unpaired) electrons. The van der Waals surface area contributed by atoms with Crippen LogP contribution in [0.5, 0.6) is 0 Å². The highest BCUT2D eigenvalue weighted by Crippen LogP contribution is 2.20. The van der Waals surface area contributed by atoms with Gasteiger partial charge in [-0.2, -0.15) is 0 Å². The lowest BCUT2D eigenvalue weighted by atomic mass is 10.1. The Bertz CT molecular complexity index is 749. The predicted octanol–water partition coefficient (Wildman–Crippen LogP) is 2.95. The van der Waals surface area contributed by atoms with Crippen molar-refractivity contribution in [2.75, 3.05) is 6.26 Å². The number of benzene rings is 1. The molecule has 0 aliphatic carbocycles. The zero-order valence-electron chi connectivity index (χ0n) is 12.1. The fourth-order valence-electron chi connectivity index (χ4n) is 1.96. The second-order valence-corrected chi connectivity index (χ2v) is 7.95. The van der Waals surface area contributed by atoms with Crippen molar-refractivity contribution in [1.29, 1.82) is 0 Å². The van der Waals surface area contributed by atoms with Gasteiger partial charge in [-0.3, -0.25) is 4.79 Å². The molecule has 1 heterocycles. The first kappa shape index (κ1) is 15.7. The predicted molar refractivity (Wildman–Crippen MR) is 84.5 cm³/mol. The molecule has 1 aromatic carbocycles. The molecule has 4 nitrogen and oxygen atoms in total. The zero-order valence-corrected chi connectivity index (χ0v) is 13.7. The number of hydrogen-bond donors (Lipinski definition) is 1. The van der Waals surface area contributed by atoms with Crippen LogP contribution in [0.3, 0.4) is 0 Å². The van der Waals surface area contributed by atoms with Gasteiger partial charge >= 0.3 is 0 Å². The molecule has 0 spiro atoms. The van der Waals surface area contributed by atoms with E-state index in [1.54, 1.807) is 24.3 Å². The summed E-state index contributed by atoms with van der Waals surface area (Å²) in [5.41, 5.74) is 1.14. The molecular weight excluding hydrogens is 306 g/mol. The Morgan fingerprint density at radius 2 is 2.00 bits per heavy atom. The SMILES string of the molecule is Cc1ccc(S(C)(=O)=O)cc1C(=O)NC(C)c1cccs1. The van der Waals surface area contributed by atoms with Crippen molar-refractivity contribution >= 4 is 27.1 Å². The Labute approximate surface area is 128 Å². The molecule has 0 fully saturated rings. The minimum absolute atomic E-state index is 0.112. The van der Waals surface area contributed by atoms with Crippen molar-refractivity contribution in [2.24, 2.45) is 0 Å². The third-order valence-corrected chi connectivity index (χ3v) is 5.36. The van der Waals surface area contributed by atoms with E-state index >= 15 is 0 Å². The highest BCUT2D eigenvalue weighted by molar-refractivity contribution is 7.90. The van der Waals surface area contributed by atoms with Crippen LogP contribution in [0.15, 0.2) is 40.6 Å². The summed E-state index contributed by atoms with van der Waals surface area (Å²) in [6.07, 6.45) is 1.13. The summed E-state index contributed by atoms with van der Waals surface area (Å²) in [6.45, 7) is 3.69. The largest absolute Gasteiger partial charge is 0.345 e. The second-order valence-electron chi connectivity index (χ2n) is 4.96. The molecule has 0 saturated heterocycles. The molecule has 2 rings (SSSR count). The van der Waals surface area contributed by atoms with Crippen LogP contribution < -0.4 is 5.32 Å². The summed E-state index contributed by atoms with van der Waals surface area (Å²) in [7, 11) is -3.33. The standard InChI is InChI=1S/C15H17NO3S2/c1-10-6-7-12(21(3,18)19)9-13(10)15(17)16-11(2)14-5-4-8-20-14/h4-9,11H,1-3H3,(H,16,17). The maximum Gasteiger partial charge on any atom is 0.252 e. The molecule has 2 aromatic rings. The van der Waals surface area contributed by atoms with Crippen LogP contribution in [-0.4, -0.2) is 20.6 Å². The Balaban J connectivity index is 2.27. The van der Waals surface area contributed by atoms with Crippen LogP contribution in [0.1, 0.15) is 33.8 Å². The van der Waals surface area contributed by atoms with E-state index in [0.717, 1.165) is 16.7 Å². The van der Waals surface area contributed by atoms with E-state index in [-0.39, 0.29) is 16.8 Å². The third kappa shape index (κ3) is 3.71. The average molecular weight is 323 g/mol. The van der Waals surface area contributed by atoms with Crippen molar-refractivity contribution < 1.29 is 13.2 Å². The molecule has 1 aromatic heterocycles. The highest BCUT2D eigenvalue weighted by Gasteiger charge is 2.17. The summed E-state index contributed by atoms with van der Waals surface area (Å²) < 4.78 is 23.2. The van der Waals surface area contributed by atoms with Gasteiger partial charge in [-0.15, -0.1) is 11.3 Å². The van der Waals surface area contributed by atoms with Gasteiger partial charge in [0.1, 0.15) is 0 Å². The summed E-state index contributed by atoms with van der Waals surface area (Å²) in [6, 6.07) is 8.37. The first-order valence-corrected chi connectivity index (χ1v) is 9.21. The van der Waals surface area contributed by atoms with Crippen LogP contribution >= 0.6 is 11.3 Å². The van der Waals surface area contributed by atoms with E-state index in [1.807, 2.05) is 24.4 Å². The number of amides is 1. The minimum atomic E-state index is -3.33. The first-order valence-electron chi connectivity index (χ1n) is 6.44. The van der Waals surface area contributed by atoms with Crippen molar-refractivity contribution in [2.45, 2.75) is 24.8 Å². The van der Waals surface area contributed by atoms with E-state index in [0.29, 0.717) is 5.56 Å². The van der Waals surface area contributed by atoms with E-state index in [2.05, 4.69) is 5.32 Å². The van der Waals surface area contributed by atoms with Crippen molar-refractivity contribution in [1.82, 2.24) is 5.32 Å². The van der Waals surface area contributed by atoms with Gasteiger partial charge in [-0.1, -0.05) is 12.1 Å². The summed E-state index contributed by atoms with van der Waals surface area (Å²) >= 11 is 1.57. The highest BCUT2D eigenvalue weighted by atomic mass is 32.2. The molecule has 21 heavy (non-hydrogen) atoms. The van der Waals surface area contributed by atoms with Gasteiger partial charge in [0.2, 0.25) is 0 Å². The Morgan fingerprint density at radius 1 is 1.29 bits per heavy atom. The molecular formula is C15H17NO3S2. The van der Waals surface area contributed by atoms with E-state index in [4.69, 9.17) is 0 Å². The van der Waals surface area contributed by atoms with E-state index in [1.165, 1.54) is 12.1 Å². The normalized spacial score (nSPS) is 12.9. The van der Waals surface area contributed by atoms with Gasteiger partial charge < -0.3 is 5.32 Å². The minimum Gasteiger partial charge on any atom is -0.345 e. The number of rotatable bonds is 4. The monoisotopic (exact) mass is 323 g/mol. The lowest BCUT2D eigenvalue weighted by Crippen LogP contribution is -2.27. The van der Waals surface area contributed by atoms with E-state index in [9.17, 15) is 13.2 Å². The number of carbonyl (C=O) groups is 1. The Kier molecular flexibility index (Phi) is 4.49. The van der Waals surface area contributed by atoms with Crippen LogP contribution in [-0.2, 0) is 9.84 Å².